The van der Waals surface area contributed by atoms with Gasteiger partial charge in [0.25, 0.3) is 0 Å². The summed E-state index contributed by atoms with van der Waals surface area (Å²) in [6, 6.07) is 7.62. The Labute approximate surface area is 78.5 Å². The van der Waals surface area contributed by atoms with E-state index in [2.05, 4.69) is 0 Å². The van der Waals surface area contributed by atoms with Crippen LogP contribution in [-0.2, 0) is 4.79 Å². The molecule has 0 N–H and O–H groups in total. The maximum Gasteiger partial charge on any atom is 0.242 e. The third kappa shape index (κ3) is 2.90. The highest BCUT2D eigenvalue weighted by Crippen LogP contribution is 2.13. The number of carbonyl (C=O) groups excluding carboxylic acids is 1. The summed E-state index contributed by atoms with van der Waals surface area (Å²) in [7, 11) is 0. The second-order valence-corrected chi connectivity index (χ2v) is 2.95. The summed E-state index contributed by atoms with van der Waals surface area (Å²) in [5, 5.41) is 0. The minimum atomic E-state index is -0.442. The number of benzene rings is 1. The first-order valence-corrected chi connectivity index (χ1v) is 4.37. The number of ether oxygens (including phenoxy) is 1. The molecule has 1 aromatic rings. The molecule has 0 aliphatic heterocycles. The first kappa shape index (κ1) is 9.78. The molecule has 2 nitrogen and oxygen atoms in total. The van der Waals surface area contributed by atoms with Gasteiger partial charge in [0.05, 0.1) is 0 Å². The van der Waals surface area contributed by atoms with Crippen molar-refractivity contribution in [3.8, 4) is 5.75 Å². The molecular formula is C11H13O2. The molecule has 0 spiro atoms. The van der Waals surface area contributed by atoms with Gasteiger partial charge in [0.15, 0.2) is 6.10 Å². The molecule has 0 amide bonds. The number of hydrogen-bond donors (Lipinski definition) is 0. The fraction of sp³-hybridized carbons (Fsp3) is 0.364. The first-order chi connectivity index (χ1) is 6.26. The van der Waals surface area contributed by atoms with E-state index in [1.165, 1.54) is 5.56 Å². The maximum absolute atomic E-state index is 10.4. The third-order valence-corrected chi connectivity index (χ3v) is 1.80. The standard InChI is InChI=1S/C11H13O2/c1-3-10(8-12)13-11-6-4-9(2)5-7-11/h4-7,10H,3H2,1-2H3. The molecule has 0 aliphatic carbocycles. The summed E-state index contributed by atoms with van der Waals surface area (Å²) in [4.78, 5) is 10.4. The molecule has 69 valence electrons. The Morgan fingerprint density at radius 1 is 1.38 bits per heavy atom. The molecule has 1 rings (SSSR count). The van der Waals surface area contributed by atoms with E-state index in [-0.39, 0.29) is 0 Å². The van der Waals surface area contributed by atoms with Crippen LogP contribution >= 0.6 is 0 Å². The van der Waals surface area contributed by atoms with Gasteiger partial charge in [-0.1, -0.05) is 24.6 Å². The van der Waals surface area contributed by atoms with Crippen LogP contribution in [0.15, 0.2) is 24.3 Å². The zero-order valence-corrected chi connectivity index (χ0v) is 7.91. The summed E-state index contributed by atoms with van der Waals surface area (Å²) in [5.41, 5.74) is 1.18. The maximum atomic E-state index is 10.4. The van der Waals surface area contributed by atoms with Gasteiger partial charge in [-0.3, -0.25) is 4.79 Å². The highest BCUT2D eigenvalue weighted by atomic mass is 16.5. The molecule has 0 saturated carbocycles. The Morgan fingerprint density at radius 3 is 2.46 bits per heavy atom. The van der Waals surface area contributed by atoms with E-state index >= 15 is 0 Å². The Bertz CT molecular complexity index is 264. The van der Waals surface area contributed by atoms with Crippen molar-refractivity contribution in [3.63, 3.8) is 0 Å². The quantitative estimate of drug-likeness (QED) is 0.705. The van der Waals surface area contributed by atoms with Crippen molar-refractivity contribution in [1.29, 1.82) is 0 Å². The third-order valence-electron chi connectivity index (χ3n) is 1.80. The van der Waals surface area contributed by atoms with Gasteiger partial charge in [0, 0.05) is 0 Å². The lowest BCUT2D eigenvalue weighted by molar-refractivity contribution is 0.255. The van der Waals surface area contributed by atoms with Crippen LogP contribution in [0.5, 0.6) is 5.75 Å². The summed E-state index contributed by atoms with van der Waals surface area (Å²) < 4.78 is 5.34. The van der Waals surface area contributed by atoms with Gasteiger partial charge in [-0.2, -0.15) is 0 Å². The first-order valence-electron chi connectivity index (χ1n) is 4.37. The predicted molar refractivity (Wildman–Crippen MR) is 51.6 cm³/mol. The highest BCUT2D eigenvalue weighted by Gasteiger charge is 2.06. The van der Waals surface area contributed by atoms with Gasteiger partial charge < -0.3 is 4.74 Å². The van der Waals surface area contributed by atoms with Crippen molar-refractivity contribution >= 4 is 6.29 Å². The molecule has 0 aliphatic rings. The van der Waals surface area contributed by atoms with Crippen LogP contribution in [0.1, 0.15) is 18.9 Å². The number of aryl methyl sites for hydroxylation is 1. The fourth-order valence-electron chi connectivity index (χ4n) is 0.972. The van der Waals surface area contributed by atoms with Crippen LogP contribution in [0.4, 0.5) is 0 Å². The highest BCUT2D eigenvalue weighted by molar-refractivity contribution is 5.57. The van der Waals surface area contributed by atoms with Gasteiger partial charge in [-0.15, -0.1) is 0 Å². The molecule has 2 heteroatoms. The second-order valence-electron chi connectivity index (χ2n) is 2.95. The molecule has 0 fully saturated rings. The lowest BCUT2D eigenvalue weighted by Gasteiger charge is -2.10. The number of rotatable bonds is 4. The van der Waals surface area contributed by atoms with Crippen LogP contribution in [0, 0.1) is 6.92 Å². The van der Waals surface area contributed by atoms with Crippen molar-refractivity contribution in [2.24, 2.45) is 0 Å². The van der Waals surface area contributed by atoms with Crippen LogP contribution in [0.25, 0.3) is 0 Å². The van der Waals surface area contributed by atoms with Crippen molar-refractivity contribution in [1.82, 2.24) is 0 Å². The lowest BCUT2D eigenvalue weighted by atomic mass is 10.2. The Morgan fingerprint density at radius 2 is 2.00 bits per heavy atom. The topological polar surface area (TPSA) is 26.3 Å². The summed E-state index contributed by atoms with van der Waals surface area (Å²) in [6.07, 6.45) is 2.05. The molecule has 0 saturated heterocycles. The molecule has 13 heavy (non-hydrogen) atoms. The van der Waals surface area contributed by atoms with E-state index in [1.807, 2.05) is 44.4 Å². The molecular weight excluding hydrogens is 164 g/mol. The lowest BCUT2D eigenvalue weighted by Crippen LogP contribution is -2.16. The van der Waals surface area contributed by atoms with Crippen LogP contribution in [0.2, 0.25) is 0 Å². The van der Waals surface area contributed by atoms with Gasteiger partial charge in [-0.05, 0) is 25.5 Å². The molecule has 0 heterocycles. The van der Waals surface area contributed by atoms with E-state index < -0.39 is 6.10 Å². The summed E-state index contributed by atoms with van der Waals surface area (Å²) in [5.74, 6) is 0.723. The van der Waals surface area contributed by atoms with Gasteiger partial charge in [0.2, 0.25) is 6.29 Å². The van der Waals surface area contributed by atoms with Crippen LogP contribution in [0.3, 0.4) is 0 Å². The van der Waals surface area contributed by atoms with Gasteiger partial charge >= 0.3 is 0 Å². The van der Waals surface area contributed by atoms with E-state index in [0.29, 0.717) is 6.42 Å². The second kappa shape index (κ2) is 4.65. The Balaban J connectivity index is 2.63. The molecule has 1 atom stereocenters. The van der Waals surface area contributed by atoms with Gasteiger partial charge in [0.1, 0.15) is 5.75 Å². The van der Waals surface area contributed by atoms with E-state index in [0.717, 1.165) is 5.75 Å². The zero-order chi connectivity index (χ0) is 9.68. The average Bonchev–Trinajstić information content (AvgIpc) is 2.17. The van der Waals surface area contributed by atoms with Crippen LogP contribution < -0.4 is 4.74 Å². The Hall–Kier alpha value is -1.31. The molecule has 1 radical (unpaired) electrons. The monoisotopic (exact) mass is 177 g/mol. The number of hydrogen-bond acceptors (Lipinski definition) is 2. The Kier molecular flexibility index (Phi) is 3.50. The minimum Gasteiger partial charge on any atom is -0.482 e. The predicted octanol–water partition coefficient (Wildman–Crippen LogP) is 2.26. The normalized spacial score (nSPS) is 12.2. The van der Waals surface area contributed by atoms with E-state index in [1.54, 1.807) is 0 Å². The molecule has 1 aromatic carbocycles. The molecule has 0 bridgehead atoms. The van der Waals surface area contributed by atoms with Crippen molar-refractivity contribution < 1.29 is 9.53 Å². The fourth-order valence-corrected chi connectivity index (χ4v) is 0.972. The minimum absolute atomic E-state index is 0.442. The SMILES string of the molecule is CCC([C]=O)Oc1ccc(C)cc1. The molecule has 0 aromatic heterocycles. The average molecular weight is 177 g/mol. The van der Waals surface area contributed by atoms with Crippen molar-refractivity contribution in [3.05, 3.63) is 29.8 Å². The largest absolute Gasteiger partial charge is 0.482 e. The zero-order valence-electron chi connectivity index (χ0n) is 7.91. The molecule has 1 unspecified atom stereocenters. The van der Waals surface area contributed by atoms with Crippen molar-refractivity contribution in [2.45, 2.75) is 26.4 Å². The van der Waals surface area contributed by atoms with Crippen LogP contribution in [-0.4, -0.2) is 12.4 Å². The smallest absolute Gasteiger partial charge is 0.242 e. The van der Waals surface area contributed by atoms with Gasteiger partial charge in [-0.25, -0.2) is 0 Å². The van der Waals surface area contributed by atoms with E-state index in [9.17, 15) is 4.79 Å². The summed E-state index contributed by atoms with van der Waals surface area (Å²) >= 11 is 0. The van der Waals surface area contributed by atoms with E-state index in [4.69, 9.17) is 4.74 Å². The summed E-state index contributed by atoms with van der Waals surface area (Å²) in [6.45, 7) is 3.90. The van der Waals surface area contributed by atoms with Crippen molar-refractivity contribution in [2.75, 3.05) is 0 Å².